The number of rotatable bonds is 4. The fourth-order valence-corrected chi connectivity index (χ4v) is 2.98. The highest BCUT2D eigenvalue weighted by Gasteiger charge is 2.14. The van der Waals surface area contributed by atoms with Crippen LogP contribution in [0.15, 0.2) is 12.1 Å². The smallest absolute Gasteiger partial charge is 0.239 e. The van der Waals surface area contributed by atoms with Gasteiger partial charge in [-0.3, -0.25) is 0 Å². The van der Waals surface area contributed by atoms with E-state index in [-0.39, 0.29) is 6.10 Å². The van der Waals surface area contributed by atoms with Crippen LogP contribution in [-0.4, -0.2) is 28.6 Å². The molecule has 18 heavy (non-hydrogen) atoms. The van der Waals surface area contributed by atoms with Crippen molar-refractivity contribution in [1.82, 2.24) is 4.98 Å². The predicted molar refractivity (Wildman–Crippen MR) is 78.4 cm³/mol. The van der Waals surface area contributed by atoms with Crippen LogP contribution in [0.4, 0.5) is 11.5 Å². The van der Waals surface area contributed by atoms with Gasteiger partial charge in [-0.25, -0.2) is 0 Å². The standard InChI is InChI=1S/C13H21N3OS/c1-9(2)17-13-11(14)5-6-12(16-13)15-10-4-3-7-18-8-10/h5-6,9-10H,3-4,7-8,14H2,1-2H3,(H,15,16). The Morgan fingerprint density at radius 2 is 2.33 bits per heavy atom. The molecule has 1 atom stereocenters. The Morgan fingerprint density at radius 3 is 3.00 bits per heavy atom. The highest BCUT2D eigenvalue weighted by Crippen LogP contribution is 2.24. The maximum absolute atomic E-state index is 5.85. The topological polar surface area (TPSA) is 60.2 Å². The SMILES string of the molecule is CC(C)Oc1nc(NC2CCCSC2)ccc1N. The number of aromatic nitrogens is 1. The third kappa shape index (κ3) is 3.70. The van der Waals surface area contributed by atoms with Crippen molar-refractivity contribution >= 4 is 23.3 Å². The van der Waals surface area contributed by atoms with E-state index in [1.54, 1.807) is 0 Å². The molecule has 1 aliphatic heterocycles. The van der Waals surface area contributed by atoms with Gasteiger partial charge in [-0.05, 0) is 44.6 Å². The molecule has 1 unspecified atom stereocenters. The van der Waals surface area contributed by atoms with Crippen molar-refractivity contribution in [2.75, 3.05) is 22.6 Å². The number of nitrogen functional groups attached to an aromatic ring is 1. The molecule has 0 saturated carbocycles. The van der Waals surface area contributed by atoms with Crippen molar-refractivity contribution in [3.05, 3.63) is 12.1 Å². The van der Waals surface area contributed by atoms with E-state index in [0.717, 1.165) is 11.6 Å². The van der Waals surface area contributed by atoms with E-state index in [1.807, 2.05) is 37.7 Å². The van der Waals surface area contributed by atoms with Crippen LogP contribution < -0.4 is 15.8 Å². The lowest BCUT2D eigenvalue weighted by molar-refractivity contribution is 0.234. The second-order valence-corrected chi connectivity index (χ2v) is 5.97. The Bertz CT molecular complexity index is 392. The monoisotopic (exact) mass is 267 g/mol. The molecule has 3 N–H and O–H groups in total. The van der Waals surface area contributed by atoms with Gasteiger partial charge in [-0.2, -0.15) is 16.7 Å². The first-order valence-corrected chi connectivity index (χ1v) is 7.58. The fraction of sp³-hybridized carbons (Fsp3) is 0.615. The van der Waals surface area contributed by atoms with Gasteiger partial charge in [0.25, 0.3) is 0 Å². The average Bonchev–Trinajstić information content (AvgIpc) is 2.34. The zero-order chi connectivity index (χ0) is 13.0. The largest absolute Gasteiger partial charge is 0.473 e. The summed E-state index contributed by atoms with van der Waals surface area (Å²) in [7, 11) is 0. The number of anilines is 2. The lowest BCUT2D eigenvalue weighted by Gasteiger charge is -2.23. The number of hydrogen-bond donors (Lipinski definition) is 2. The predicted octanol–water partition coefficient (Wildman–Crippen LogP) is 2.76. The van der Waals surface area contributed by atoms with Gasteiger partial charge in [0.15, 0.2) is 0 Å². The van der Waals surface area contributed by atoms with E-state index >= 15 is 0 Å². The molecule has 0 radical (unpaired) electrons. The van der Waals surface area contributed by atoms with Gasteiger partial charge >= 0.3 is 0 Å². The van der Waals surface area contributed by atoms with Gasteiger partial charge in [-0.1, -0.05) is 0 Å². The molecule has 0 amide bonds. The number of nitrogens with two attached hydrogens (primary N) is 1. The van der Waals surface area contributed by atoms with E-state index < -0.39 is 0 Å². The highest BCUT2D eigenvalue weighted by atomic mass is 32.2. The summed E-state index contributed by atoms with van der Waals surface area (Å²) in [6.07, 6.45) is 2.56. The zero-order valence-electron chi connectivity index (χ0n) is 11.0. The van der Waals surface area contributed by atoms with Crippen molar-refractivity contribution in [3.63, 3.8) is 0 Å². The average molecular weight is 267 g/mol. The van der Waals surface area contributed by atoms with Crippen LogP contribution in [0, 0.1) is 0 Å². The molecule has 1 aromatic rings. The molecule has 1 aromatic heterocycles. The molecule has 0 aromatic carbocycles. The summed E-state index contributed by atoms with van der Waals surface area (Å²) >= 11 is 1.99. The normalized spacial score (nSPS) is 19.8. The Hall–Kier alpha value is -1.10. The Morgan fingerprint density at radius 1 is 1.50 bits per heavy atom. The number of pyridine rings is 1. The minimum absolute atomic E-state index is 0.0836. The number of nitrogens with zero attached hydrogens (tertiary/aromatic N) is 1. The third-order valence-corrected chi connectivity index (χ3v) is 3.96. The highest BCUT2D eigenvalue weighted by molar-refractivity contribution is 7.99. The van der Waals surface area contributed by atoms with Crippen LogP contribution >= 0.6 is 11.8 Å². The number of thioether (sulfide) groups is 1. The quantitative estimate of drug-likeness (QED) is 0.878. The Balaban J connectivity index is 2.03. The van der Waals surface area contributed by atoms with Gasteiger partial charge < -0.3 is 15.8 Å². The summed E-state index contributed by atoms with van der Waals surface area (Å²) in [5.74, 6) is 3.80. The van der Waals surface area contributed by atoms with Crippen molar-refractivity contribution in [2.45, 2.75) is 38.8 Å². The minimum Gasteiger partial charge on any atom is -0.473 e. The van der Waals surface area contributed by atoms with Crippen LogP contribution in [0.25, 0.3) is 0 Å². The van der Waals surface area contributed by atoms with Gasteiger partial charge in [0.1, 0.15) is 5.82 Å². The van der Waals surface area contributed by atoms with Crippen molar-refractivity contribution in [2.24, 2.45) is 0 Å². The van der Waals surface area contributed by atoms with Gasteiger partial charge in [0, 0.05) is 11.8 Å². The number of ether oxygens (including phenoxy) is 1. The van der Waals surface area contributed by atoms with Crippen LogP contribution in [0.2, 0.25) is 0 Å². The molecule has 1 aliphatic rings. The van der Waals surface area contributed by atoms with Crippen LogP contribution in [0.3, 0.4) is 0 Å². The molecule has 5 heteroatoms. The van der Waals surface area contributed by atoms with Gasteiger partial charge in [0.2, 0.25) is 5.88 Å². The van der Waals surface area contributed by atoms with Crippen LogP contribution in [0.5, 0.6) is 5.88 Å². The maximum Gasteiger partial charge on any atom is 0.239 e. The summed E-state index contributed by atoms with van der Waals surface area (Å²) in [4.78, 5) is 4.44. The van der Waals surface area contributed by atoms with E-state index in [1.165, 1.54) is 18.6 Å². The lowest BCUT2D eigenvalue weighted by atomic mass is 10.2. The van der Waals surface area contributed by atoms with Crippen LogP contribution in [-0.2, 0) is 0 Å². The first-order chi connectivity index (χ1) is 8.65. The van der Waals surface area contributed by atoms with Gasteiger partial charge in [-0.15, -0.1) is 0 Å². The summed E-state index contributed by atoms with van der Waals surface area (Å²) in [5.41, 5.74) is 6.44. The van der Waals surface area contributed by atoms with Crippen LogP contribution in [0.1, 0.15) is 26.7 Å². The van der Waals surface area contributed by atoms with Crippen molar-refractivity contribution < 1.29 is 4.74 Å². The molecular formula is C13H21N3OS. The van der Waals surface area contributed by atoms with Gasteiger partial charge in [0.05, 0.1) is 11.8 Å². The second-order valence-electron chi connectivity index (χ2n) is 4.82. The molecule has 2 rings (SSSR count). The molecular weight excluding hydrogens is 246 g/mol. The molecule has 100 valence electrons. The lowest BCUT2D eigenvalue weighted by Crippen LogP contribution is -2.26. The molecule has 0 bridgehead atoms. The Kier molecular flexibility index (Phi) is 4.58. The molecule has 0 aliphatic carbocycles. The van der Waals surface area contributed by atoms with E-state index in [0.29, 0.717) is 17.6 Å². The Labute approximate surface area is 113 Å². The molecule has 2 heterocycles. The summed E-state index contributed by atoms with van der Waals surface area (Å²) in [6.45, 7) is 3.94. The molecule has 4 nitrogen and oxygen atoms in total. The van der Waals surface area contributed by atoms with Crippen molar-refractivity contribution in [3.8, 4) is 5.88 Å². The zero-order valence-corrected chi connectivity index (χ0v) is 11.8. The first kappa shape index (κ1) is 13.3. The third-order valence-electron chi connectivity index (χ3n) is 2.75. The number of nitrogens with one attached hydrogen (secondary N) is 1. The summed E-state index contributed by atoms with van der Waals surface area (Å²) in [5, 5.41) is 3.45. The maximum atomic E-state index is 5.85. The minimum atomic E-state index is 0.0836. The van der Waals surface area contributed by atoms with E-state index in [2.05, 4.69) is 10.3 Å². The summed E-state index contributed by atoms with van der Waals surface area (Å²) in [6, 6.07) is 4.27. The molecule has 1 fully saturated rings. The second kappa shape index (κ2) is 6.18. The van der Waals surface area contributed by atoms with Crippen molar-refractivity contribution in [1.29, 1.82) is 0 Å². The van der Waals surface area contributed by atoms with E-state index in [4.69, 9.17) is 10.5 Å². The summed E-state index contributed by atoms with van der Waals surface area (Å²) < 4.78 is 5.59. The molecule has 1 saturated heterocycles. The van der Waals surface area contributed by atoms with E-state index in [9.17, 15) is 0 Å². The fourth-order valence-electron chi connectivity index (χ4n) is 1.91. The number of hydrogen-bond acceptors (Lipinski definition) is 5. The molecule has 0 spiro atoms. The first-order valence-electron chi connectivity index (χ1n) is 6.42.